The molecular formula is C14H18ClN3. The Labute approximate surface area is 113 Å². The SMILES string of the molecule is Cc1nn(CCN)c(C)c1-c1cccc(Cl)c1C. The van der Waals surface area contributed by atoms with Crippen molar-refractivity contribution in [2.24, 2.45) is 5.73 Å². The first kappa shape index (κ1) is 13.1. The van der Waals surface area contributed by atoms with Crippen molar-refractivity contribution in [1.82, 2.24) is 9.78 Å². The average molecular weight is 264 g/mol. The molecule has 0 aliphatic rings. The third-order valence-corrected chi connectivity index (χ3v) is 3.67. The summed E-state index contributed by atoms with van der Waals surface area (Å²) < 4.78 is 1.96. The highest BCUT2D eigenvalue weighted by atomic mass is 35.5. The summed E-state index contributed by atoms with van der Waals surface area (Å²) >= 11 is 6.19. The van der Waals surface area contributed by atoms with Crippen molar-refractivity contribution in [3.05, 3.63) is 40.2 Å². The Balaban J connectivity index is 2.60. The van der Waals surface area contributed by atoms with Crippen LogP contribution in [0.15, 0.2) is 18.2 Å². The fourth-order valence-corrected chi connectivity index (χ4v) is 2.48. The fraction of sp³-hybridized carbons (Fsp3) is 0.357. The lowest BCUT2D eigenvalue weighted by Crippen LogP contribution is -2.12. The van der Waals surface area contributed by atoms with Gasteiger partial charge in [0.2, 0.25) is 0 Å². The van der Waals surface area contributed by atoms with Gasteiger partial charge in [-0.1, -0.05) is 23.7 Å². The number of benzene rings is 1. The zero-order chi connectivity index (χ0) is 13.3. The minimum Gasteiger partial charge on any atom is -0.329 e. The molecule has 2 rings (SSSR count). The van der Waals surface area contributed by atoms with Crippen molar-refractivity contribution >= 4 is 11.6 Å². The van der Waals surface area contributed by atoms with Gasteiger partial charge in [0.05, 0.1) is 12.2 Å². The minimum atomic E-state index is 0.593. The third-order valence-electron chi connectivity index (χ3n) is 3.26. The Morgan fingerprint density at radius 2 is 2.00 bits per heavy atom. The molecule has 4 heteroatoms. The summed E-state index contributed by atoms with van der Waals surface area (Å²) in [6, 6.07) is 5.98. The van der Waals surface area contributed by atoms with Crippen LogP contribution in [0, 0.1) is 20.8 Å². The van der Waals surface area contributed by atoms with Gasteiger partial charge in [0, 0.05) is 22.8 Å². The van der Waals surface area contributed by atoms with E-state index >= 15 is 0 Å². The Kier molecular flexibility index (Phi) is 3.73. The lowest BCUT2D eigenvalue weighted by molar-refractivity contribution is 0.604. The second-order valence-electron chi connectivity index (χ2n) is 4.47. The quantitative estimate of drug-likeness (QED) is 0.925. The average Bonchev–Trinajstić information content (AvgIpc) is 2.60. The maximum Gasteiger partial charge on any atom is 0.0675 e. The second-order valence-corrected chi connectivity index (χ2v) is 4.88. The van der Waals surface area contributed by atoms with Crippen LogP contribution in [0.2, 0.25) is 5.02 Å². The van der Waals surface area contributed by atoms with E-state index in [0.29, 0.717) is 6.54 Å². The van der Waals surface area contributed by atoms with Crippen LogP contribution in [0.5, 0.6) is 0 Å². The highest BCUT2D eigenvalue weighted by Crippen LogP contribution is 2.32. The van der Waals surface area contributed by atoms with Gasteiger partial charge in [0.15, 0.2) is 0 Å². The third kappa shape index (κ3) is 2.16. The molecule has 0 fully saturated rings. The van der Waals surface area contributed by atoms with Crippen molar-refractivity contribution in [2.75, 3.05) is 6.54 Å². The predicted octanol–water partition coefficient (Wildman–Crippen LogP) is 3.09. The van der Waals surface area contributed by atoms with E-state index in [1.54, 1.807) is 0 Å². The summed E-state index contributed by atoms with van der Waals surface area (Å²) in [4.78, 5) is 0. The Morgan fingerprint density at radius 3 is 2.67 bits per heavy atom. The first-order valence-electron chi connectivity index (χ1n) is 6.05. The number of hydrogen-bond donors (Lipinski definition) is 1. The Bertz CT molecular complexity index is 573. The van der Waals surface area contributed by atoms with E-state index in [-0.39, 0.29) is 0 Å². The zero-order valence-corrected chi connectivity index (χ0v) is 11.8. The Hall–Kier alpha value is -1.32. The number of nitrogens with two attached hydrogens (primary N) is 1. The van der Waals surface area contributed by atoms with Gasteiger partial charge in [-0.15, -0.1) is 0 Å². The minimum absolute atomic E-state index is 0.593. The summed E-state index contributed by atoms with van der Waals surface area (Å²) in [5.74, 6) is 0. The molecule has 0 spiro atoms. The molecule has 3 nitrogen and oxygen atoms in total. The monoisotopic (exact) mass is 263 g/mol. The topological polar surface area (TPSA) is 43.8 Å². The predicted molar refractivity (Wildman–Crippen MR) is 75.9 cm³/mol. The summed E-state index contributed by atoms with van der Waals surface area (Å²) in [7, 11) is 0. The van der Waals surface area contributed by atoms with Gasteiger partial charge in [0.1, 0.15) is 0 Å². The molecule has 0 atom stereocenters. The van der Waals surface area contributed by atoms with E-state index in [1.165, 1.54) is 5.56 Å². The summed E-state index contributed by atoms with van der Waals surface area (Å²) in [5, 5.41) is 5.33. The van der Waals surface area contributed by atoms with Gasteiger partial charge in [-0.05, 0) is 38.0 Å². The molecule has 0 amide bonds. The van der Waals surface area contributed by atoms with Crippen LogP contribution in [0.4, 0.5) is 0 Å². The standard InChI is InChI=1S/C14H18ClN3/c1-9-12(5-4-6-13(9)15)14-10(2)17-18(8-7-16)11(14)3/h4-6H,7-8,16H2,1-3H3. The van der Waals surface area contributed by atoms with E-state index in [2.05, 4.69) is 18.1 Å². The van der Waals surface area contributed by atoms with Crippen molar-refractivity contribution in [3.63, 3.8) is 0 Å². The van der Waals surface area contributed by atoms with Crippen LogP contribution < -0.4 is 5.73 Å². The van der Waals surface area contributed by atoms with E-state index in [0.717, 1.165) is 34.1 Å². The molecule has 96 valence electrons. The molecule has 18 heavy (non-hydrogen) atoms. The fourth-order valence-electron chi connectivity index (χ4n) is 2.31. The van der Waals surface area contributed by atoms with Gasteiger partial charge in [-0.3, -0.25) is 4.68 Å². The lowest BCUT2D eigenvalue weighted by Gasteiger charge is -2.08. The largest absolute Gasteiger partial charge is 0.329 e. The molecule has 0 aliphatic carbocycles. The molecule has 0 bridgehead atoms. The van der Waals surface area contributed by atoms with Gasteiger partial charge >= 0.3 is 0 Å². The molecule has 1 aromatic carbocycles. The molecule has 2 N–H and O–H groups in total. The molecule has 0 saturated heterocycles. The van der Waals surface area contributed by atoms with E-state index < -0.39 is 0 Å². The van der Waals surface area contributed by atoms with Crippen molar-refractivity contribution in [3.8, 4) is 11.1 Å². The number of hydrogen-bond acceptors (Lipinski definition) is 2. The smallest absolute Gasteiger partial charge is 0.0675 e. The lowest BCUT2D eigenvalue weighted by atomic mass is 9.99. The zero-order valence-electron chi connectivity index (χ0n) is 11.0. The number of halogens is 1. The molecule has 0 aliphatic heterocycles. The van der Waals surface area contributed by atoms with Crippen molar-refractivity contribution in [2.45, 2.75) is 27.3 Å². The van der Waals surface area contributed by atoms with E-state index in [9.17, 15) is 0 Å². The summed E-state index contributed by atoms with van der Waals surface area (Å²) in [6.07, 6.45) is 0. The van der Waals surface area contributed by atoms with Crippen LogP contribution in [0.25, 0.3) is 11.1 Å². The van der Waals surface area contributed by atoms with Crippen LogP contribution in [-0.2, 0) is 6.54 Å². The summed E-state index contributed by atoms with van der Waals surface area (Å²) in [5.41, 5.74) is 11.2. The number of nitrogens with zero attached hydrogens (tertiary/aromatic N) is 2. The van der Waals surface area contributed by atoms with Crippen LogP contribution in [-0.4, -0.2) is 16.3 Å². The molecule has 1 aromatic heterocycles. The first-order valence-corrected chi connectivity index (χ1v) is 6.43. The molecule has 0 unspecified atom stereocenters. The summed E-state index contributed by atoms with van der Waals surface area (Å²) in [6.45, 7) is 7.47. The van der Waals surface area contributed by atoms with Gasteiger partial charge in [-0.25, -0.2) is 0 Å². The maximum absolute atomic E-state index is 6.19. The van der Waals surface area contributed by atoms with Crippen LogP contribution in [0.3, 0.4) is 0 Å². The molecular weight excluding hydrogens is 246 g/mol. The number of rotatable bonds is 3. The van der Waals surface area contributed by atoms with E-state index in [1.807, 2.05) is 30.7 Å². The molecule has 0 radical (unpaired) electrons. The number of aromatic nitrogens is 2. The molecule has 2 aromatic rings. The highest BCUT2D eigenvalue weighted by Gasteiger charge is 2.15. The molecule has 0 saturated carbocycles. The van der Waals surface area contributed by atoms with Gasteiger partial charge in [-0.2, -0.15) is 5.10 Å². The molecule has 1 heterocycles. The Morgan fingerprint density at radius 1 is 1.28 bits per heavy atom. The van der Waals surface area contributed by atoms with Crippen LogP contribution >= 0.6 is 11.6 Å². The van der Waals surface area contributed by atoms with Gasteiger partial charge < -0.3 is 5.73 Å². The highest BCUT2D eigenvalue weighted by molar-refractivity contribution is 6.31. The van der Waals surface area contributed by atoms with Crippen molar-refractivity contribution in [1.29, 1.82) is 0 Å². The van der Waals surface area contributed by atoms with Gasteiger partial charge in [0.25, 0.3) is 0 Å². The number of aryl methyl sites for hydroxylation is 1. The normalized spacial score (nSPS) is 10.9. The first-order chi connectivity index (χ1) is 8.56. The van der Waals surface area contributed by atoms with Crippen molar-refractivity contribution < 1.29 is 0 Å². The van der Waals surface area contributed by atoms with E-state index in [4.69, 9.17) is 17.3 Å². The maximum atomic E-state index is 6.19. The second kappa shape index (κ2) is 5.12. The van der Waals surface area contributed by atoms with Crippen LogP contribution in [0.1, 0.15) is 17.0 Å².